The summed E-state index contributed by atoms with van der Waals surface area (Å²) in [6.07, 6.45) is 7.63. The highest BCUT2D eigenvalue weighted by Crippen LogP contribution is 2.22. The minimum absolute atomic E-state index is 0.0200. The molecule has 134 valence electrons. The lowest BCUT2D eigenvalue weighted by molar-refractivity contribution is -0.113. The fourth-order valence-electron chi connectivity index (χ4n) is 3.26. The summed E-state index contributed by atoms with van der Waals surface area (Å²) < 4.78 is 1.99. The molecule has 0 atom stereocenters. The normalized spacial score (nSPS) is 14.5. The quantitative estimate of drug-likeness (QED) is 0.692. The number of pyridine rings is 1. The van der Waals surface area contributed by atoms with Gasteiger partial charge in [0.25, 0.3) is 0 Å². The largest absolute Gasteiger partial charge is 0.372 e. The zero-order valence-electron chi connectivity index (χ0n) is 14.6. The molecule has 0 spiro atoms. The van der Waals surface area contributed by atoms with Gasteiger partial charge in [-0.1, -0.05) is 17.8 Å². The van der Waals surface area contributed by atoms with E-state index >= 15 is 0 Å². The molecule has 1 saturated heterocycles. The monoisotopic (exact) mass is 366 g/mol. The molecule has 3 aromatic rings. The predicted molar refractivity (Wildman–Crippen MR) is 107 cm³/mol. The molecule has 26 heavy (non-hydrogen) atoms. The van der Waals surface area contributed by atoms with Gasteiger partial charge in [-0.05, 0) is 55.7 Å². The molecule has 4 rings (SSSR count). The van der Waals surface area contributed by atoms with Gasteiger partial charge >= 0.3 is 0 Å². The van der Waals surface area contributed by atoms with E-state index in [1.54, 1.807) is 0 Å². The van der Waals surface area contributed by atoms with Crippen LogP contribution >= 0.6 is 11.8 Å². The number of thioether (sulfide) groups is 1. The lowest BCUT2D eigenvalue weighted by Gasteiger charge is -2.28. The number of imidazole rings is 1. The average Bonchev–Trinajstić information content (AvgIpc) is 3.11. The molecule has 0 saturated carbocycles. The van der Waals surface area contributed by atoms with Crippen molar-refractivity contribution in [3.05, 3.63) is 54.9 Å². The summed E-state index contributed by atoms with van der Waals surface area (Å²) in [4.78, 5) is 19.0. The van der Waals surface area contributed by atoms with E-state index < -0.39 is 0 Å². The van der Waals surface area contributed by atoms with Crippen LogP contribution in [0.4, 0.5) is 11.4 Å². The highest BCUT2D eigenvalue weighted by molar-refractivity contribution is 7.99. The first-order valence-corrected chi connectivity index (χ1v) is 9.98. The maximum atomic E-state index is 12.3. The van der Waals surface area contributed by atoms with Gasteiger partial charge in [-0.15, -0.1) is 0 Å². The van der Waals surface area contributed by atoms with Crippen LogP contribution in [-0.4, -0.2) is 34.1 Å². The number of benzene rings is 1. The maximum absolute atomic E-state index is 12.3. The minimum Gasteiger partial charge on any atom is -0.372 e. The van der Waals surface area contributed by atoms with Crippen molar-refractivity contribution >= 4 is 34.6 Å². The standard InChI is InChI=1S/C20H22N4OS/c25-19(15-26-20-21-14-18-6-2-5-13-24(18)20)22-16-7-9-17(10-8-16)23-11-3-1-4-12-23/h2,5-10,13-14H,1,3-4,11-12,15H2,(H,22,25). The van der Waals surface area contributed by atoms with Crippen molar-refractivity contribution in [2.75, 3.05) is 29.1 Å². The first-order chi connectivity index (χ1) is 12.8. The molecule has 1 aliphatic heterocycles. The highest BCUT2D eigenvalue weighted by atomic mass is 32.2. The van der Waals surface area contributed by atoms with Crippen LogP contribution in [0.1, 0.15) is 19.3 Å². The van der Waals surface area contributed by atoms with Crippen LogP contribution in [-0.2, 0) is 4.79 Å². The van der Waals surface area contributed by atoms with Crippen molar-refractivity contribution in [3.8, 4) is 0 Å². The second-order valence-corrected chi connectivity index (χ2v) is 7.41. The van der Waals surface area contributed by atoms with Crippen LogP contribution < -0.4 is 10.2 Å². The number of piperidine rings is 1. The van der Waals surface area contributed by atoms with Crippen LogP contribution in [0.3, 0.4) is 0 Å². The van der Waals surface area contributed by atoms with E-state index in [0.717, 1.165) is 29.5 Å². The highest BCUT2D eigenvalue weighted by Gasteiger charge is 2.11. The Morgan fingerprint density at radius 3 is 2.69 bits per heavy atom. The number of rotatable bonds is 5. The van der Waals surface area contributed by atoms with Gasteiger partial charge in [0.05, 0.1) is 17.5 Å². The first kappa shape index (κ1) is 17.0. The van der Waals surface area contributed by atoms with Crippen molar-refractivity contribution in [1.29, 1.82) is 0 Å². The van der Waals surface area contributed by atoms with Crippen LogP contribution in [0.25, 0.3) is 5.52 Å². The van der Waals surface area contributed by atoms with Crippen molar-refractivity contribution in [3.63, 3.8) is 0 Å². The Hall–Kier alpha value is -2.47. The molecule has 6 heteroatoms. The third-order valence-corrected chi connectivity index (χ3v) is 5.58. The molecule has 0 aliphatic carbocycles. The number of hydrogen-bond donors (Lipinski definition) is 1. The van der Waals surface area contributed by atoms with Gasteiger partial charge < -0.3 is 10.2 Å². The number of nitrogens with one attached hydrogen (secondary N) is 1. The zero-order chi connectivity index (χ0) is 17.8. The molecule has 1 amide bonds. The van der Waals surface area contributed by atoms with Gasteiger partial charge in [-0.25, -0.2) is 4.98 Å². The molecule has 2 aromatic heterocycles. The molecule has 1 fully saturated rings. The van der Waals surface area contributed by atoms with Crippen molar-refractivity contribution in [1.82, 2.24) is 9.38 Å². The summed E-state index contributed by atoms with van der Waals surface area (Å²) in [6, 6.07) is 14.1. The number of anilines is 2. The average molecular weight is 366 g/mol. The summed E-state index contributed by atoms with van der Waals surface area (Å²) in [5.41, 5.74) is 3.11. The Morgan fingerprint density at radius 1 is 1.08 bits per heavy atom. The fourth-order valence-corrected chi connectivity index (χ4v) is 4.03. The van der Waals surface area contributed by atoms with Crippen molar-refractivity contribution in [2.24, 2.45) is 0 Å². The summed E-state index contributed by atoms with van der Waals surface area (Å²) >= 11 is 1.44. The fraction of sp³-hybridized carbons (Fsp3) is 0.300. The Bertz CT molecular complexity index is 884. The van der Waals surface area contributed by atoms with Crippen LogP contribution in [0.15, 0.2) is 60.0 Å². The van der Waals surface area contributed by atoms with Crippen LogP contribution in [0, 0.1) is 0 Å². The molecule has 0 unspecified atom stereocenters. The molecule has 5 nitrogen and oxygen atoms in total. The Morgan fingerprint density at radius 2 is 1.88 bits per heavy atom. The third kappa shape index (κ3) is 3.85. The summed E-state index contributed by atoms with van der Waals surface area (Å²) in [5.74, 6) is 0.315. The Balaban J connectivity index is 1.33. The second kappa shape index (κ2) is 7.83. The number of aromatic nitrogens is 2. The molecule has 3 heterocycles. The SMILES string of the molecule is O=C(CSc1ncc2ccccn12)Nc1ccc(N2CCCCC2)cc1. The van der Waals surface area contributed by atoms with Gasteiger partial charge in [-0.2, -0.15) is 0 Å². The number of nitrogens with zero attached hydrogens (tertiary/aromatic N) is 3. The molecule has 0 radical (unpaired) electrons. The van der Waals surface area contributed by atoms with Gasteiger partial charge in [0.1, 0.15) is 0 Å². The van der Waals surface area contributed by atoms with Gasteiger partial charge in [0.2, 0.25) is 5.91 Å². The van der Waals surface area contributed by atoms with E-state index in [1.165, 1.54) is 36.7 Å². The van der Waals surface area contributed by atoms with Gasteiger partial charge in [0.15, 0.2) is 5.16 Å². The van der Waals surface area contributed by atoms with Crippen molar-refractivity contribution in [2.45, 2.75) is 24.4 Å². The smallest absolute Gasteiger partial charge is 0.234 e. The number of carbonyl (C=O) groups is 1. The topological polar surface area (TPSA) is 49.6 Å². The Labute approximate surface area is 157 Å². The number of amides is 1. The first-order valence-electron chi connectivity index (χ1n) is 8.99. The second-order valence-electron chi connectivity index (χ2n) is 6.47. The van der Waals surface area contributed by atoms with E-state index in [0.29, 0.717) is 5.75 Å². The molecule has 1 aliphatic rings. The molecule has 1 aromatic carbocycles. The number of fused-ring (bicyclic) bond motifs is 1. The predicted octanol–water partition coefficient (Wildman–Crippen LogP) is 4.06. The summed E-state index contributed by atoms with van der Waals surface area (Å²) in [5, 5.41) is 3.80. The lowest BCUT2D eigenvalue weighted by atomic mass is 10.1. The van der Waals surface area contributed by atoms with Gasteiger partial charge in [-0.3, -0.25) is 9.20 Å². The molecule has 0 bridgehead atoms. The summed E-state index contributed by atoms with van der Waals surface area (Å²) in [6.45, 7) is 2.25. The van der Waals surface area contributed by atoms with E-state index in [1.807, 2.05) is 47.1 Å². The lowest BCUT2D eigenvalue weighted by Crippen LogP contribution is -2.29. The third-order valence-electron chi connectivity index (χ3n) is 4.61. The number of carbonyl (C=O) groups excluding carboxylic acids is 1. The van der Waals surface area contributed by atoms with Crippen LogP contribution in [0.5, 0.6) is 0 Å². The minimum atomic E-state index is -0.0200. The Kier molecular flexibility index (Phi) is 5.11. The van der Waals surface area contributed by atoms with Crippen molar-refractivity contribution < 1.29 is 4.79 Å². The van der Waals surface area contributed by atoms with E-state index in [4.69, 9.17) is 0 Å². The van der Waals surface area contributed by atoms with E-state index in [-0.39, 0.29) is 5.91 Å². The zero-order valence-corrected chi connectivity index (χ0v) is 15.4. The molecular formula is C20H22N4OS. The van der Waals surface area contributed by atoms with Gasteiger partial charge in [0, 0.05) is 30.7 Å². The number of hydrogen-bond acceptors (Lipinski definition) is 4. The molecular weight excluding hydrogens is 344 g/mol. The summed E-state index contributed by atoms with van der Waals surface area (Å²) in [7, 11) is 0. The van der Waals surface area contributed by atoms with E-state index in [9.17, 15) is 4.79 Å². The van der Waals surface area contributed by atoms with E-state index in [2.05, 4.69) is 27.3 Å². The van der Waals surface area contributed by atoms with Crippen LogP contribution in [0.2, 0.25) is 0 Å². The molecule has 1 N–H and O–H groups in total. The maximum Gasteiger partial charge on any atom is 0.234 e.